The number of carboxylic acids is 1. The van der Waals surface area contributed by atoms with Crippen molar-refractivity contribution in [2.24, 2.45) is 7.05 Å². The molecule has 1 N–H and O–H groups in total. The lowest BCUT2D eigenvalue weighted by Gasteiger charge is -2.11. The first-order chi connectivity index (χ1) is 8.82. The molecule has 0 unspecified atom stereocenters. The molecule has 1 aromatic carbocycles. The molecule has 0 aliphatic heterocycles. The second kappa shape index (κ2) is 4.71. The molecular formula is C11H8Cl2N2O4. The van der Waals surface area contributed by atoms with Crippen molar-refractivity contribution in [2.75, 3.05) is 0 Å². The van der Waals surface area contributed by atoms with Gasteiger partial charge in [0.05, 0.1) is 15.9 Å². The van der Waals surface area contributed by atoms with Crippen molar-refractivity contribution in [3.8, 4) is 0 Å². The molecular weight excluding hydrogens is 295 g/mol. The molecule has 0 atom stereocenters. The molecule has 0 saturated carbocycles. The molecule has 100 valence electrons. The van der Waals surface area contributed by atoms with E-state index >= 15 is 0 Å². The number of aromatic nitrogens is 2. The summed E-state index contributed by atoms with van der Waals surface area (Å²) in [6.07, 6.45) is 0. The summed E-state index contributed by atoms with van der Waals surface area (Å²) in [6, 6.07) is 2.71. The van der Waals surface area contributed by atoms with Crippen molar-refractivity contribution < 1.29 is 9.90 Å². The molecule has 19 heavy (non-hydrogen) atoms. The topological polar surface area (TPSA) is 81.3 Å². The predicted octanol–water partition coefficient (Wildman–Crippen LogP) is 1.09. The Labute approximate surface area is 116 Å². The lowest BCUT2D eigenvalue weighted by atomic mass is 10.2. The third-order valence-electron chi connectivity index (χ3n) is 2.65. The Morgan fingerprint density at radius 1 is 1.32 bits per heavy atom. The number of fused-ring (bicyclic) bond motifs is 1. The van der Waals surface area contributed by atoms with Crippen molar-refractivity contribution in [3.63, 3.8) is 0 Å². The lowest BCUT2D eigenvalue weighted by molar-refractivity contribution is -0.137. The van der Waals surface area contributed by atoms with E-state index in [2.05, 4.69) is 0 Å². The number of carboxylic acid groups (broad SMARTS) is 1. The van der Waals surface area contributed by atoms with Crippen LogP contribution in [0.2, 0.25) is 10.0 Å². The molecule has 1 aromatic heterocycles. The molecule has 0 amide bonds. The standard InChI is InChI=1S/C11H8Cl2N2O4/c1-14-10(18)9-6(13)2-5(12)3-7(9)15(11(14)19)4-8(16)17/h2-3H,4H2,1H3,(H,16,17). The molecule has 8 heteroatoms. The van der Waals surface area contributed by atoms with Gasteiger partial charge in [0.1, 0.15) is 6.54 Å². The Morgan fingerprint density at radius 3 is 2.53 bits per heavy atom. The number of halogens is 2. The Kier molecular flexibility index (Phi) is 3.38. The van der Waals surface area contributed by atoms with E-state index in [-0.39, 0.29) is 20.9 Å². The summed E-state index contributed by atoms with van der Waals surface area (Å²) in [7, 11) is 1.26. The number of rotatable bonds is 2. The Hall–Kier alpha value is -1.79. The van der Waals surface area contributed by atoms with Gasteiger partial charge in [-0.2, -0.15) is 0 Å². The average Bonchev–Trinajstić information content (AvgIpc) is 2.30. The number of aliphatic carboxylic acids is 1. The fourth-order valence-electron chi connectivity index (χ4n) is 1.81. The van der Waals surface area contributed by atoms with Crippen LogP contribution in [-0.2, 0) is 18.4 Å². The smallest absolute Gasteiger partial charge is 0.331 e. The lowest BCUT2D eigenvalue weighted by Crippen LogP contribution is -2.39. The van der Waals surface area contributed by atoms with E-state index in [1.54, 1.807) is 0 Å². The van der Waals surface area contributed by atoms with Crippen LogP contribution in [0.15, 0.2) is 21.7 Å². The van der Waals surface area contributed by atoms with Gasteiger partial charge >= 0.3 is 11.7 Å². The van der Waals surface area contributed by atoms with Gasteiger partial charge in [-0.1, -0.05) is 23.2 Å². The van der Waals surface area contributed by atoms with E-state index in [9.17, 15) is 14.4 Å². The first-order valence-corrected chi connectivity index (χ1v) is 5.89. The van der Waals surface area contributed by atoms with Gasteiger partial charge in [-0.25, -0.2) is 4.79 Å². The molecule has 0 spiro atoms. The molecule has 2 aromatic rings. The van der Waals surface area contributed by atoms with Crippen molar-refractivity contribution in [1.82, 2.24) is 9.13 Å². The van der Waals surface area contributed by atoms with Crippen molar-refractivity contribution in [2.45, 2.75) is 6.54 Å². The molecule has 0 saturated heterocycles. The highest BCUT2D eigenvalue weighted by molar-refractivity contribution is 6.38. The van der Waals surface area contributed by atoms with Crippen LogP contribution in [0, 0.1) is 0 Å². The molecule has 0 aliphatic carbocycles. The first kappa shape index (κ1) is 13.6. The summed E-state index contributed by atoms with van der Waals surface area (Å²) in [5, 5.41) is 9.18. The van der Waals surface area contributed by atoms with Crippen LogP contribution in [0.3, 0.4) is 0 Å². The normalized spacial score (nSPS) is 10.9. The van der Waals surface area contributed by atoms with Gasteiger partial charge in [0.2, 0.25) is 0 Å². The summed E-state index contributed by atoms with van der Waals surface area (Å²) in [6.45, 7) is -0.583. The number of hydrogen-bond acceptors (Lipinski definition) is 3. The summed E-state index contributed by atoms with van der Waals surface area (Å²) in [4.78, 5) is 34.7. The largest absolute Gasteiger partial charge is 0.480 e. The summed E-state index contributed by atoms with van der Waals surface area (Å²) in [5.74, 6) is -1.21. The summed E-state index contributed by atoms with van der Waals surface area (Å²) < 4.78 is 1.75. The number of nitrogens with zero attached hydrogens (tertiary/aromatic N) is 2. The molecule has 1 heterocycles. The Bertz CT molecular complexity index is 807. The van der Waals surface area contributed by atoms with Crippen LogP contribution in [0.1, 0.15) is 0 Å². The zero-order valence-corrected chi connectivity index (χ0v) is 11.2. The van der Waals surface area contributed by atoms with Gasteiger partial charge in [-0.3, -0.25) is 18.7 Å². The number of benzene rings is 1. The predicted molar refractivity (Wildman–Crippen MR) is 71.1 cm³/mol. The highest BCUT2D eigenvalue weighted by atomic mass is 35.5. The van der Waals surface area contributed by atoms with Gasteiger partial charge in [-0.05, 0) is 12.1 Å². The maximum Gasteiger partial charge on any atom is 0.331 e. The van der Waals surface area contributed by atoms with Gasteiger partial charge in [-0.15, -0.1) is 0 Å². The van der Waals surface area contributed by atoms with E-state index in [4.69, 9.17) is 28.3 Å². The Morgan fingerprint density at radius 2 is 1.95 bits per heavy atom. The van der Waals surface area contributed by atoms with E-state index in [1.165, 1.54) is 19.2 Å². The summed E-state index contributed by atoms with van der Waals surface area (Å²) >= 11 is 11.8. The van der Waals surface area contributed by atoms with Crippen molar-refractivity contribution in [3.05, 3.63) is 43.0 Å². The fraction of sp³-hybridized carbons (Fsp3) is 0.182. The van der Waals surface area contributed by atoms with Crippen LogP contribution >= 0.6 is 23.2 Å². The molecule has 0 aliphatic rings. The van der Waals surface area contributed by atoms with Gasteiger partial charge in [0, 0.05) is 12.1 Å². The molecule has 0 radical (unpaired) electrons. The minimum absolute atomic E-state index is 0.0643. The summed E-state index contributed by atoms with van der Waals surface area (Å²) in [5.41, 5.74) is -1.23. The SMILES string of the molecule is Cn1c(=O)c2c(Cl)cc(Cl)cc2n(CC(=O)O)c1=O. The van der Waals surface area contributed by atoms with Gasteiger partial charge in [0.15, 0.2) is 0 Å². The quantitative estimate of drug-likeness (QED) is 0.900. The van der Waals surface area contributed by atoms with E-state index < -0.39 is 23.8 Å². The molecule has 0 fully saturated rings. The van der Waals surface area contributed by atoms with Gasteiger partial charge in [0.25, 0.3) is 5.56 Å². The number of carbonyl (C=O) groups is 1. The van der Waals surface area contributed by atoms with Crippen molar-refractivity contribution in [1.29, 1.82) is 0 Å². The maximum atomic E-state index is 12.0. The zero-order chi connectivity index (χ0) is 14.3. The maximum absolute atomic E-state index is 12.0. The second-order valence-corrected chi connectivity index (χ2v) is 4.75. The zero-order valence-electron chi connectivity index (χ0n) is 9.68. The molecule has 0 bridgehead atoms. The highest BCUT2D eigenvalue weighted by Gasteiger charge is 2.16. The fourth-order valence-corrected chi connectivity index (χ4v) is 2.37. The minimum Gasteiger partial charge on any atom is -0.480 e. The first-order valence-electron chi connectivity index (χ1n) is 5.13. The van der Waals surface area contributed by atoms with Crippen LogP contribution in [0.25, 0.3) is 10.9 Å². The van der Waals surface area contributed by atoms with E-state index in [0.29, 0.717) is 0 Å². The van der Waals surface area contributed by atoms with Gasteiger partial charge < -0.3 is 5.11 Å². The third kappa shape index (κ3) is 2.24. The van der Waals surface area contributed by atoms with Crippen molar-refractivity contribution >= 4 is 40.1 Å². The molecule has 6 nitrogen and oxygen atoms in total. The van der Waals surface area contributed by atoms with E-state index in [1.807, 2.05) is 0 Å². The number of hydrogen-bond donors (Lipinski definition) is 1. The highest BCUT2D eigenvalue weighted by Crippen LogP contribution is 2.24. The van der Waals surface area contributed by atoms with Crippen LogP contribution in [-0.4, -0.2) is 20.2 Å². The monoisotopic (exact) mass is 302 g/mol. The average molecular weight is 303 g/mol. The van der Waals surface area contributed by atoms with Crippen LogP contribution < -0.4 is 11.2 Å². The van der Waals surface area contributed by atoms with Crippen LogP contribution in [0.5, 0.6) is 0 Å². The minimum atomic E-state index is -1.21. The molecule has 2 rings (SSSR count). The Balaban J connectivity index is 3.06. The van der Waals surface area contributed by atoms with E-state index in [0.717, 1.165) is 9.13 Å². The van der Waals surface area contributed by atoms with Crippen LogP contribution in [0.4, 0.5) is 0 Å². The second-order valence-electron chi connectivity index (χ2n) is 3.91. The third-order valence-corrected chi connectivity index (χ3v) is 3.17.